The van der Waals surface area contributed by atoms with Crippen molar-refractivity contribution >= 4 is 21.4 Å². The molecular weight excluding hydrogens is 653 g/mol. The molecule has 1 amide bonds. The molecule has 2 saturated heterocycles. The van der Waals surface area contributed by atoms with Crippen LogP contribution >= 0.6 is 0 Å². The Hall–Kier alpha value is -4.01. The highest BCUT2D eigenvalue weighted by atomic mass is 32.2. The van der Waals surface area contributed by atoms with E-state index < -0.39 is 58.8 Å². The lowest BCUT2D eigenvalue weighted by molar-refractivity contribution is -0.223. The first kappa shape index (κ1) is 34.8. The summed E-state index contributed by atoms with van der Waals surface area (Å²) in [6.07, 6.45) is -7.56. The van der Waals surface area contributed by atoms with E-state index in [0.717, 1.165) is 22.4 Å². The molecule has 0 bridgehead atoms. The third-order valence-electron chi connectivity index (χ3n) is 9.43. The predicted molar refractivity (Wildman–Crippen MR) is 178 cm³/mol. The number of para-hydroxylation sites is 1. The van der Waals surface area contributed by atoms with Gasteiger partial charge in [-0.05, 0) is 71.5 Å². The van der Waals surface area contributed by atoms with E-state index in [1.54, 1.807) is 17.0 Å². The number of hydrogen-bond acceptors (Lipinski definition) is 9. The van der Waals surface area contributed by atoms with E-state index >= 15 is 0 Å². The van der Waals surface area contributed by atoms with Gasteiger partial charge in [0.05, 0.1) is 35.3 Å². The summed E-state index contributed by atoms with van der Waals surface area (Å²) >= 11 is 0. The normalized spacial score (nSPS) is 26.3. The Morgan fingerprint density at radius 1 is 0.776 bits per heavy atom. The molecule has 8 atom stereocenters. The molecule has 10 nitrogen and oxygen atoms in total. The van der Waals surface area contributed by atoms with Crippen LogP contribution in [0.15, 0.2) is 108 Å². The molecule has 6 rings (SSSR count). The molecule has 0 aliphatic carbocycles. The minimum absolute atomic E-state index is 0.0259. The zero-order chi connectivity index (χ0) is 34.9. The summed E-state index contributed by atoms with van der Waals surface area (Å²) in [5.41, 5.74) is 3.79. The highest BCUT2D eigenvalue weighted by Gasteiger charge is 2.48. The average Bonchev–Trinajstić information content (AvgIpc) is 3.11. The zero-order valence-electron chi connectivity index (χ0n) is 26.4. The number of halogens is 1. The van der Waals surface area contributed by atoms with E-state index in [-0.39, 0.29) is 28.6 Å². The van der Waals surface area contributed by atoms with Crippen LogP contribution in [0.4, 0.5) is 10.1 Å². The standard InChI is InChI=1S/C37H38FNO9S/c38-26-14-10-24(11-15-26)30(41)19-18-29-33(39(37(29)45)27-4-2-1-3-5-27)25-8-6-22(7-9-25)23-12-16-28(17-13-23)49(46,47)21-32-35(43)36(44)34(42)31(20-40)48-32/h1-17,29-36,40-44H,18-21H2/t29-,30+,31-,32?,33-,34-,35+,36+/m1/s1. The maximum Gasteiger partial charge on any atom is 0.233 e. The van der Waals surface area contributed by atoms with Gasteiger partial charge in [-0.1, -0.05) is 66.7 Å². The monoisotopic (exact) mass is 691 g/mol. The van der Waals surface area contributed by atoms with Crippen molar-refractivity contribution in [1.29, 1.82) is 0 Å². The first-order valence-corrected chi connectivity index (χ1v) is 17.7. The smallest absolute Gasteiger partial charge is 0.233 e. The number of β-lactam (4-membered cyclic amide) rings is 1. The van der Waals surface area contributed by atoms with Crippen molar-refractivity contribution in [2.45, 2.75) is 60.4 Å². The number of sulfone groups is 1. The quantitative estimate of drug-likeness (QED) is 0.149. The Labute approximate surface area is 283 Å². The Morgan fingerprint density at radius 3 is 1.98 bits per heavy atom. The summed E-state index contributed by atoms with van der Waals surface area (Å²) in [5.74, 6) is -1.48. The molecule has 0 radical (unpaired) electrons. The Balaban J connectivity index is 1.17. The number of hydrogen-bond donors (Lipinski definition) is 5. The molecule has 49 heavy (non-hydrogen) atoms. The lowest BCUT2D eigenvalue weighted by Crippen LogP contribution is -2.60. The van der Waals surface area contributed by atoms with Crippen molar-refractivity contribution in [3.05, 3.63) is 120 Å². The van der Waals surface area contributed by atoms with Crippen LogP contribution in [0.3, 0.4) is 0 Å². The van der Waals surface area contributed by atoms with Crippen LogP contribution in [-0.2, 0) is 19.4 Å². The fourth-order valence-electron chi connectivity index (χ4n) is 6.63. The summed E-state index contributed by atoms with van der Waals surface area (Å²) in [7, 11) is -3.98. The van der Waals surface area contributed by atoms with Gasteiger partial charge in [0.1, 0.15) is 36.3 Å². The molecule has 1 unspecified atom stereocenters. The second kappa shape index (κ2) is 14.5. The predicted octanol–water partition coefficient (Wildman–Crippen LogP) is 3.33. The number of ether oxygens (including phenoxy) is 1. The number of nitrogens with zero attached hydrogens (tertiary/aromatic N) is 1. The van der Waals surface area contributed by atoms with Gasteiger partial charge < -0.3 is 35.2 Å². The van der Waals surface area contributed by atoms with E-state index in [9.17, 15) is 43.1 Å². The molecule has 4 aromatic rings. The fourth-order valence-corrected chi connectivity index (χ4v) is 8.08. The summed E-state index contributed by atoms with van der Waals surface area (Å²) in [4.78, 5) is 15.2. The lowest BCUT2D eigenvalue weighted by atomic mass is 9.78. The van der Waals surface area contributed by atoms with Crippen molar-refractivity contribution in [1.82, 2.24) is 0 Å². The largest absolute Gasteiger partial charge is 0.394 e. The van der Waals surface area contributed by atoms with Gasteiger partial charge in [0.2, 0.25) is 5.91 Å². The third kappa shape index (κ3) is 7.17. The second-order valence-electron chi connectivity index (χ2n) is 12.5. The molecule has 2 fully saturated rings. The van der Waals surface area contributed by atoms with Gasteiger partial charge in [0.15, 0.2) is 9.84 Å². The highest BCUT2D eigenvalue weighted by Crippen LogP contribution is 2.46. The molecule has 258 valence electrons. The Kier molecular flexibility index (Phi) is 10.3. The van der Waals surface area contributed by atoms with Gasteiger partial charge in [-0.25, -0.2) is 12.8 Å². The van der Waals surface area contributed by atoms with Crippen LogP contribution in [0, 0.1) is 11.7 Å². The average molecular weight is 692 g/mol. The molecule has 0 spiro atoms. The highest BCUT2D eigenvalue weighted by molar-refractivity contribution is 7.91. The first-order chi connectivity index (χ1) is 23.5. The number of carbonyl (C=O) groups is 1. The van der Waals surface area contributed by atoms with Gasteiger partial charge >= 0.3 is 0 Å². The van der Waals surface area contributed by atoms with Crippen LogP contribution < -0.4 is 4.90 Å². The zero-order valence-corrected chi connectivity index (χ0v) is 27.2. The molecule has 12 heteroatoms. The minimum Gasteiger partial charge on any atom is -0.394 e. The van der Waals surface area contributed by atoms with Crippen molar-refractivity contribution in [3.8, 4) is 11.1 Å². The Bertz CT molecular complexity index is 1840. The van der Waals surface area contributed by atoms with Crippen molar-refractivity contribution < 1.29 is 47.9 Å². The number of amides is 1. The summed E-state index contributed by atoms with van der Waals surface area (Å²) in [5, 5.41) is 50.5. The number of anilines is 1. The lowest BCUT2D eigenvalue weighted by Gasteiger charge is -2.48. The molecular formula is C37H38FNO9S. The van der Waals surface area contributed by atoms with E-state index in [1.165, 1.54) is 36.4 Å². The molecule has 2 aliphatic rings. The molecule has 2 heterocycles. The number of rotatable bonds is 11. The number of aliphatic hydroxyl groups excluding tert-OH is 5. The SMILES string of the molecule is O=C1[C@H](CC[C@H](O)c2ccc(F)cc2)[C@@H](c2ccc(-c3ccc(S(=O)(=O)CC4O[C@H](CO)[C@@H](O)[C@H](O)[C@H]4O)cc3)cc2)N1c1ccccc1. The van der Waals surface area contributed by atoms with Crippen molar-refractivity contribution in [2.24, 2.45) is 5.92 Å². The van der Waals surface area contributed by atoms with Gasteiger partial charge in [-0.3, -0.25) is 4.79 Å². The van der Waals surface area contributed by atoms with Crippen molar-refractivity contribution in [2.75, 3.05) is 17.3 Å². The van der Waals surface area contributed by atoms with Crippen LogP contribution in [0.1, 0.15) is 36.1 Å². The van der Waals surface area contributed by atoms with Gasteiger partial charge in [-0.2, -0.15) is 0 Å². The maximum absolute atomic E-state index is 13.4. The summed E-state index contributed by atoms with van der Waals surface area (Å²) in [6, 6.07) is 28.5. The van der Waals surface area contributed by atoms with E-state index in [4.69, 9.17) is 4.74 Å². The van der Waals surface area contributed by atoms with Crippen LogP contribution in [0.2, 0.25) is 0 Å². The van der Waals surface area contributed by atoms with Crippen molar-refractivity contribution in [3.63, 3.8) is 0 Å². The molecule has 4 aromatic carbocycles. The Morgan fingerprint density at radius 2 is 1.37 bits per heavy atom. The van der Waals surface area contributed by atoms with Gasteiger partial charge in [0, 0.05) is 5.69 Å². The summed E-state index contributed by atoms with van der Waals surface area (Å²) < 4.78 is 45.1. The first-order valence-electron chi connectivity index (χ1n) is 16.0. The molecule has 0 aromatic heterocycles. The van der Waals surface area contributed by atoms with E-state index in [2.05, 4.69) is 0 Å². The number of benzene rings is 4. The van der Waals surface area contributed by atoms with Crippen LogP contribution in [-0.4, -0.2) is 82.7 Å². The fraction of sp³-hybridized carbons (Fsp3) is 0.324. The molecule has 2 aliphatic heterocycles. The van der Waals surface area contributed by atoms with Gasteiger partial charge in [-0.15, -0.1) is 0 Å². The molecule has 0 saturated carbocycles. The maximum atomic E-state index is 13.4. The minimum atomic E-state index is -3.98. The number of aliphatic hydroxyl groups is 5. The van der Waals surface area contributed by atoms with E-state index in [0.29, 0.717) is 18.4 Å². The van der Waals surface area contributed by atoms with Crippen LogP contribution in [0.5, 0.6) is 0 Å². The van der Waals surface area contributed by atoms with Gasteiger partial charge in [0.25, 0.3) is 0 Å². The number of carbonyl (C=O) groups excluding carboxylic acids is 1. The second-order valence-corrected chi connectivity index (χ2v) is 14.6. The van der Waals surface area contributed by atoms with Crippen LogP contribution in [0.25, 0.3) is 11.1 Å². The topological polar surface area (TPSA) is 165 Å². The summed E-state index contributed by atoms with van der Waals surface area (Å²) in [6.45, 7) is -0.655. The van der Waals surface area contributed by atoms with E-state index in [1.807, 2.05) is 54.6 Å². The molecule has 5 N–H and O–H groups in total. The third-order valence-corrected chi connectivity index (χ3v) is 11.2.